The van der Waals surface area contributed by atoms with Gasteiger partial charge in [-0.1, -0.05) is 11.6 Å². The molecule has 1 atom stereocenters. The monoisotopic (exact) mass is 381 g/mol. The molecule has 0 spiro atoms. The van der Waals surface area contributed by atoms with E-state index >= 15 is 0 Å². The SMILES string of the molecule is C[C@@H](C(=O)Nc1sccc1C(N)=O)N(C)CCOc1ccc(Cl)cc1. The quantitative estimate of drug-likeness (QED) is 0.736. The molecule has 0 aliphatic carbocycles. The number of amides is 2. The molecule has 0 saturated heterocycles. The Morgan fingerprint density at radius 3 is 2.64 bits per heavy atom. The van der Waals surface area contributed by atoms with Crippen molar-refractivity contribution in [2.24, 2.45) is 5.73 Å². The molecule has 0 aliphatic heterocycles. The minimum atomic E-state index is -0.561. The molecular weight excluding hydrogens is 362 g/mol. The van der Waals surface area contributed by atoms with E-state index in [-0.39, 0.29) is 5.91 Å². The van der Waals surface area contributed by atoms with Gasteiger partial charge < -0.3 is 15.8 Å². The number of nitrogens with zero attached hydrogens (tertiary/aromatic N) is 1. The fourth-order valence-electron chi connectivity index (χ4n) is 2.05. The van der Waals surface area contributed by atoms with Gasteiger partial charge in [-0.15, -0.1) is 11.3 Å². The highest BCUT2D eigenvalue weighted by atomic mass is 35.5. The molecule has 0 aliphatic rings. The van der Waals surface area contributed by atoms with Crippen LogP contribution in [-0.2, 0) is 4.79 Å². The number of halogens is 1. The van der Waals surface area contributed by atoms with Crippen molar-refractivity contribution >= 4 is 39.8 Å². The van der Waals surface area contributed by atoms with E-state index in [1.807, 2.05) is 11.9 Å². The summed E-state index contributed by atoms with van der Waals surface area (Å²) in [6, 6.07) is 8.30. The molecule has 1 heterocycles. The molecule has 3 N–H and O–H groups in total. The number of nitrogens with one attached hydrogen (secondary N) is 1. The number of hydrogen-bond acceptors (Lipinski definition) is 5. The van der Waals surface area contributed by atoms with E-state index in [9.17, 15) is 9.59 Å². The summed E-state index contributed by atoms with van der Waals surface area (Å²) in [6.07, 6.45) is 0. The average molecular weight is 382 g/mol. The number of anilines is 1. The third-order valence-electron chi connectivity index (χ3n) is 3.73. The zero-order chi connectivity index (χ0) is 18.4. The smallest absolute Gasteiger partial charge is 0.251 e. The van der Waals surface area contributed by atoms with Gasteiger partial charge in [0.15, 0.2) is 0 Å². The third kappa shape index (κ3) is 5.45. The third-order valence-corrected chi connectivity index (χ3v) is 4.82. The minimum Gasteiger partial charge on any atom is -0.492 e. The van der Waals surface area contributed by atoms with Crippen LogP contribution in [0.25, 0.3) is 0 Å². The highest BCUT2D eigenvalue weighted by Crippen LogP contribution is 2.23. The molecule has 0 radical (unpaired) electrons. The van der Waals surface area contributed by atoms with Crippen LogP contribution in [0.15, 0.2) is 35.7 Å². The fourth-order valence-corrected chi connectivity index (χ4v) is 2.97. The standard InChI is InChI=1S/C17H20ClN3O3S/c1-11(16(23)20-17-14(15(19)22)7-10-25-17)21(2)8-9-24-13-5-3-12(18)4-6-13/h3-7,10-11H,8-9H2,1-2H3,(H2,19,22)(H,20,23)/t11-/m0/s1. The number of carbonyl (C=O) groups is 2. The van der Waals surface area contributed by atoms with Crippen molar-refractivity contribution in [3.05, 3.63) is 46.3 Å². The topological polar surface area (TPSA) is 84.7 Å². The summed E-state index contributed by atoms with van der Waals surface area (Å²) in [5.74, 6) is -0.0487. The Balaban J connectivity index is 1.83. The molecule has 0 fully saturated rings. The van der Waals surface area contributed by atoms with Crippen LogP contribution in [0, 0.1) is 0 Å². The first-order chi connectivity index (χ1) is 11.9. The van der Waals surface area contributed by atoms with Crippen LogP contribution in [0.1, 0.15) is 17.3 Å². The fraction of sp³-hybridized carbons (Fsp3) is 0.294. The maximum absolute atomic E-state index is 12.3. The molecule has 8 heteroatoms. The van der Waals surface area contributed by atoms with E-state index in [0.29, 0.717) is 28.7 Å². The number of benzene rings is 1. The van der Waals surface area contributed by atoms with Crippen LogP contribution in [0.2, 0.25) is 5.02 Å². The van der Waals surface area contributed by atoms with Gasteiger partial charge in [0.1, 0.15) is 17.4 Å². The van der Waals surface area contributed by atoms with Crippen molar-refractivity contribution in [3.8, 4) is 5.75 Å². The minimum absolute atomic E-state index is 0.209. The molecule has 134 valence electrons. The first-order valence-electron chi connectivity index (χ1n) is 7.65. The van der Waals surface area contributed by atoms with Crippen molar-refractivity contribution in [2.45, 2.75) is 13.0 Å². The molecule has 2 aromatic rings. The Labute approximate surface area is 155 Å². The number of primary amides is 1. The predicted molar refractivity (Wildman–Crippen MR) is 101 cm³/mol. The molecule has 0 bridgehead atoms. The maximum atomic E-state index is 12.3. The van der Waals surface area contributed by atoms with E-state index in [1.165, 1.54) is 11.3 Å². The molecule has 25 heavy (non-hydrogen) atoms. The Morgan fingerprint density at radius 1 is 1.32 bits per heavy atom. The second kappa shape index (κ2) is 8.84. The van der Waals surface area contributed by atoms with Gasteiger partial charge >= 0.3 is 0 Å². The molecular formula is C17H20ClN3O3S. The normalized spacial score (nSPS) is 12.0. The van der Waals surface area contributed by atoms with Crippen molar-refractivity contribution in [1.29, 1.82) is 0 Å². The predicted octanol–water partition coefficient (Wildman–Crippen LogP) is 2.84. The molecule has 1 aromatic heterocycles. The molecule has 0 unspecified atom stereocenters. The Kier molecular flexibility index (Phi) is 6.81. The molecule has 2 rings (SSSR count). The summed E-state index contributed by atoms with van der Waals surface area (Å²) in [5.41, 5.74) is 5.60. The Morgan fingerprint density at radius 2 is 2.00 bits per heavy atom. The summed E-state index contributed by atoms with van der Waals surface area (Å²) in [4.78, 5) is 25.5. The first-order valence-corrected chi connectivity index (χ1v) is 8.91. The molecule has 2 amide bonds. The van der Waals surface area contributed by atoms with Crippen LogP contribution in [0.5, 0.6) is 5.75 Å². The molecule has 1 aromatic carbocycles. The summed E-state index contributed by atoms with van der Waals surface area (Å²) >= 11 is 7.09. The first kappa shape index (κ1) is 19.2. The van der Waals surface area contributed by atoms with E-state index in [2.05, 4.69) is 5.32 Å². The van der Waals surface area contributed by atoms with Gasteiger partial charge in [-0.25, -0.2) is 0 Å². The summed E-state index contributed by atoms with van der Waals surface area (Å²) in [7, 11) is 1.83. The van der Waals surface area contributed by atoms with Crippen LogP contribution >= 0.6 is 22.9 Å². The molecule has 6 nitrogen and oxygen atoms in total. The number of hydrogen-bond donors (Lipinski definition) is 2. The summed E-state index contributed by atoms with van der Waals surface area (Å²) in [5, 5.41) is 5.58. The lowest BCUT2D eigenvalue weighted by Gasteiger charge is -2.23. The van der Waals surface area contributed by atoms with Crippen LogP contribution in [0.4, 0.5) is 5.00 Å². The lowest BCUT2D eigenvalue weighted by molar-refractivity contribution is -0.120. The van der Waals surface area contributed by atoms with E-state index < -0.39 is 11.9 Å². The second-order valence-corrected chi connectivity index (χ2v) is 6.83. The lowest BCUT2D eigenvalue weighted by atomic mass is 10.2. The number of thiophene rings is 1. The maximum Gasteiger partial charge on any atom is 0.251 e. The number of likely N-dealkylation sites (N-methyl/N-ethyl adjacent to an activating group) is 1. The zero-order valence-corrected chi connectivity index (χ0v) is 15.6. The number of rotatable bonds is 8. The summed E-state index contributed by atoms with van der Waals surface area (Å²) < 4.78 is 5.63. The van der Waals surface area contributed by atoms with Gasteiger partial charge in [0, 0.05) is 11.6 Å². The van der Waals surface area contributed by atoms with Gasteiger partial charge in [-0.3, -0.25) is 14.5 Å². The van der Waals surface area contributed by atoms with Gasteiger partial charge in [-0.2, -0.15) is 0 Å². The van der Waals surface area contributed by atoms with Crippen molar-refractivity contribution in [1.82, 2.24) is 4.90 Å². The zero-order valence-electron chi connectivity index (χ0n) is 14.0. The van der Waals surface area contributed by atoms with E-state index in [1.54, 1.807) is 42.6 Å². The number of nitrogens with two attached hydrogens (primary N) is 1. The average Bonchev–Trinajstić information content (AvgIpc) is 3.04. The van der Waals surface area contributed by atoms with Crippen LogP contribution in [0.3, 0.4) is 0 Å². The van der Waals surface area contributed by atoms with Crippen LogP contribution < -0.4 is 15.8 Å². The van der Waals surface area contributed by atoms with Crippen molar-refractivity contribution in [3.63, 3.8) is 0 Å². The second-order valence-electron chi connectivity index (χ2n) is 5.48. The lowest BCUT2D eigenvalue weighted by Crippen LogP contribution is -2.41. The highest BCUT2D eigenvalue weighted by Gasteiger charge is 2.20. The Bertz CT molecular complexity index is 733. The van der Waals surface area contributed by atoms with Gasteiger partial charge in [0.05, 0.1) is 11.6 Å². The van der Waals surface area contributed by atoms with E-state index in [4.69, 9.17) is 22.1 Å². The van der Waals surface area contributed by atoms with Crippen LogP contribution in [-0.4, -0.2) is 43.0 Å². The largest absolute Gasteiger partial charge is 0.492 e. The van der Waals surface area contributed by atoms with E-state index in [0.717, 1.165) is 5.75 Å². The number of ether oxygens (including phenoxy) is 1. The van der Waals surface area contributed by atoms with Gasteiger partial charge in [0.25, 0.3) is 5.91 Å². The van der Waals surface area contributed by atoms with Gasteiger partial charge in [-0.05, 0) is 49.7 Å². The molecule has 0 saturated carbocycles. The van der Waals surface area contributed by atoms with Crippen molar-refractivity contribution in [2.75, 3.05) is 25.5 Å². The number of carbonyl (C=O) groups excluding carboxylic acids is 2. The Hall–Kier alpha value is -2.09. The van der Waals surface area contributed by atoms with Crippen molar-refractivity contribution < 1.29 is 14.3 Å². The van der Waals surface area contributed by atoms with Gasteiger partial charge in [0.2, 0.25) is 5.91 Å². The summed E-state index contributed by atoms with van der Waals surface area (Å²) in [6.45, 7) is 2.78. The highest BCUT2D eigenvalue weighted by molar-refractivity contribution is 7.14.